The lowest BCUT2D eigenvalue weighted by Crippen LogP contribution is -2.43. The normalized spacial score (nSPS) is 28.6. The standard InChI is InChI=1S/C17H36OSi/c1-6-9-19(10-7-2,11-8-3)18-17-13-15(4)12-16(5)14-17/h15-17H,6-14H2,1-5H3. The van der Waals surface area contributed by atoms with Gasteiger partial charge in [0.15, 0.2) is 8.32 Å². The van der Waals surface area contributed by atoms with E-state index in [0.717, 1.165) is 11.8 Å². The lowest BCUT2D eigenvalue weighted by molar-refractivity contribution is 0.0901. The maximum atomic E-state index is 6.88. The lowest BCUT2D eigenvalue weighted by atomic mass is 9.82. The van der Waals surface area contributed by atoms with Crippen molar-refractivity contribution in [2.75, 3.05) is 0 Å². The highest BCUT2D eigenvalue weighted by Gasteiger charge is 2.36. The Kier molecular flexibility index (Phi) is 7.67. The minimum Gasteiger partial charge on any atom is -0.414 e. The third-order valence-corrected chi connectivity index (χ3v) is 9.74. The summed E-state index contributed by atoms with van der Waals surface area (Å²) in [6.07, 6.45) is 8.55. The SMILES string of the molecule is CCC[Si](CCC)(CCC)OC1CC(C)CC(C)C1. The average Bonchev–Trinajstić information content (AvgIpc) is 2.28. The molecule has 0 amide bonds. The second kappa shape index (κ2) is 8.46. The fourth-order valence-corrected chi connectivity index (χ4v) is 8.98. The van der Waals surface area contributed by atoms with E-state index in [0.29, 0.717) is 6.10 Å². The van der Waals surface area contributed by atoms with E-state index in [4.69, 9.17) is 4.43 Å². The van der Waals surface area contributed by atoms with Gasteiger partial charge >= 0.3 is 0 Å². The summed E-state index contributed by atoms with van der Waals surface area (Å²) in [4.78, 5) is 0. The molecular formula is C17H36OSi. The van der Waals surface area contributed by atoms with Gasteiger partial charge in [-0.25, -0.2) is 0 Å². The predicted molar refractivity (Wildman–Crippen MR) is 88.1 cm³/mol. The molecule has 0 aromatic carbocycles. The van der Waals surface area contributed by atoms with Gasteiger partial charge in [-0.2, -0.15) is 0 Å². The van der Waals surface area contributed by atoms with Crippen LogP contribution >= 0.6 is 0 Å². The zero-order chi connectivity index (χ0) is 14.3. The molecule has 1 rings (SSSR count). The molecule has 0 heterocycles. The Morgan fingerprint density at radius 1 is 0.789 bits per heavy atom. The van der Waals surface area contributed by atoms with Crippen molar-refractivity contribution in [3.63, 3.8) is 0 Å². The van der Waals surface area contributed by atoms with Crippen LogP contribution in [0, 0.1) is 11.8 Å². The lowest BCUT2D eigenvalue weighted by Gasteiger charge is -2.40. The molecule has 0 N–H and O–H groups in total. The van der Waals surface area contributed by atoms with Crippen LogP contribution in [0.1, 0.15) is 73.1 Å². The van der Waals surface area contributed by atoms with Crippen LogP contribution in [0.25, 0.3) is 0 Å². The summed E-state index contributed by atoms with van der Waals surface area (Å²) in [5.74, 6) is 1.73. The van der Waals surface area contributed by atoms with Crippen LogP contribution in [0.2, 0.25) is 18.1 Å². The molecule has 0 aliphatic heterocycles. The summed E-state index contributed by atoms with van der Waals surface area (Å²) in [5.41, 5.74) is 0. The second-order valence-corrected chi connectivity index (χ2v) is 11.2. The first kappa shape index (κ1) is 17.2. The Hall–Kier alpha value is 0.177. The molecule has 1 aliphatic carbocycles. The highest BCUT2D eigenvalue weighted by molar-refractivity contribution is 6.73. The van der Waals surface area contributed by atoms with Crippen molar-refractivity contribution < 1.29 is 4.43 Å². The Bertz CT molecular complexity index is 214. The zero-order valence-electron chi connectivity index (χ0n) is 14.0. The molecule has 1 aliphatic rings. The maximum absolute atomic E-state index is 6.88. The minimum atomic E-state index is -1.44. The molecule has 2 unspecified atom stereocenters. The van der Waals surface area contributed by atoms with Crippen LogP contribution < -0.4 is 0 Å². The van der Waals surface area contributed by atoms with E-state index in [1.54, 1.807) is 0 Å². The molecule has 0 radical (unpaired) electrons. The van der Waals surface area contributed by atoms with Gasteiger partial charge < -0.3 is 4.43 Å². The van der Waals surface area contributed by atoms with Gasteiger partial charge in [0.2, 0.25) is 0 Å². The maximum Gasteiger partial charge on any atom is 0.193 e. The summed E-state index contributed by atoms with van der Waals surface area (Å²) in [7, 11) is -1.44. The van der Waals surface area contributed by atoms with Crippen LogP contribution in [0.5, 0.6) is 0 Å². The molecule has 1 nitrogen and oxygen atoms in total. The van der Waals surface area contributed by atoms with Gasteiger partial charge in [-0.15, -0.1) is 0 Å². The van der Waals surface area contributed by atoms with Crippen molar-refractivity contribution >= 4 is 8.32 Å². The molecule has 114 valence electrons. The largest absolute Gasteiger partial charge is 0.414 e. The topological polar surface area (TPSA) is 9.23 Å². The highest BCUT2D eigenvalue weighted by Crippen LogP contribution is 2.36. The number of hydrogen-bond acceptors (Lipinski definition) is 1. The third kappa shape index (κ3) is 5.59. The van der Waals surface area contributed by atoms with Gasteiger partial charge in [0, 0.05) is 6.10 Å². The molecular weight excluding hydrogens is 248 g/mol. The van der Waals surface area contributed by atoms with Gasteiger partial charge in [0.05, 0.1) is 0 Å². The third-order valence-electron chi connectivity index (χ3n) is 4.67. The van der Waals surface area contributed by atoms with E-state index in [9.17, 15) is 0 Å². The average molecular weight is 285 g/mol. The molecule has 0 spiro atoms. The van der Waals surface area contributed by atoms with E-state index < -0.39 is 8.32 Å². The van der Waals surface area contributed by atoms with Crippen molar-refractivity contribution in [3.05, 3.63) is 0 Å². The van der Waals surface area contributed by atoms with Crippen LogP contribution in [0.4, 0.5) is 0 Å². The van der Waals surface area contributed by atoms with Gasteiger partial charge in [-0.05, 0) is 49.2 Å². The number of rotatable bonds is 8. The Balaban J connectivity index is 2.68. The van der Waals surface area contributed by atoms with Gasteiger partial charge in [0.1, 0.15) is 0 Å². The molecule has 0 aromatic heterocycles. The predicted octanol–water partition coefficient (Wildman–Crippen LogP) is 6.00. The van der Waals surface area contributed by atoms with Gasteiger partial charge in [0.25, 0.3) is 0 Å². The van der Waals surface area contributed by atoms with Crippen LogP contribution in [-0.4, -0.2) is 14.4 Å². The van der Waals surface area contributed by atoms with E-state index >= 15 is 0 Å². The molecule has 0 bridgehead atoms. The molecule has 1 saturated carbocycles. The molecule has 1 fully saturated rings. The van der Waals surface area contributed by atoms with Crippen molar-refractivity contribution in [3.8, 4) is 0 Å². The van der Waals surface area contributed by atoms with Crippen molar-refractivity contribution in [2.24, 2.45) is 11.8 Å². The monoisotopic (exact) mass is 284 g/mol. The Morgan fingerprint density at radius 2 is 1.21 bits per heavy atom. The molecule has 0 aromatic rings. The summed E-state index contributed by atoms with van der Waals surface area (Å²) >= 11 is 0. The van der Waals surface area contributed by atoms with Gasteiger partial charge in [-0.1, -0.05) is 53.9 Å². The minimum absolute atomic E-state index is 0.579. The van der Waals surface area contributed by atoms with Crippen molar-refractivity contribution in [2.45, 2.75) is 97.4 Å². The zero-order valence-corrected chi connectivity index (χ0v) is 15.0. The fourth-order valence-electron chi connectivity index (χ4n) is 4.24. The first-order valence-electron chi connectivity index (χ1n) is 8.73. The summed E-state index contributed by atoms with van der Waals surface area (Å²) in [5, 5.41) is 0. The summed E-state index contributed by atoms with van der Waals surface area (Å²) in [6.45, 7) is 11.8. The number of hydrogen-bond donors (Lipinski definition) is 0. The Morgan fingerprint density at radius 3 is 1.58 bits per heavy atom. The van der Waals surface area contributed by atoms with Crippen molar-refractivity contribution in [1.82, 2.24) is 0 Å². The quantitative estimate of drug-likeness (QED) is 0.496. The van der Waals surface area contributed by atoms with E-state index in [1.165, 1.54) is 56.7 Å². The van der Waals surface area contributed by atoms with Crippen LogP contribution in [-0.2, 0) is 4.43 Å². The van der Waals surface area contributed by atoms with Crippen molar-refractivity contribution in [1.29, 1.82) is 0 Å². The molecule has 0 saturated heterocycles. The van der Waals surface area contributed by atoms with Crippen LogP contribution in [0.15, 0.2) is 0 Å². The first-order valence-corrected chi connectivity index (χ1v) is 11.3. The van der Waals surface area contributed by atoms with E-state index in [-0.39, 0.29) is 0 Å². The summed E-state index contributed by atoms with van der Waals surface area (Å²) < 4.78 is 6.88. The highest BCUT2D eigenvalue weighted by atomic mass is 28.4. The van der Waals surface area contributed by atoms with E-state index in [1.807, 2.05) is 0 Å². The fraction of sp³-hybridized carbons (Fsp3) is 1.00. The van der Waals surface area contributed by atoms with Gasteiger partial charge in [-0.3, -0.25) is 0 Å². The summed E-state index contributed by atoms with van der Waals surface area (Å²) in [6, 6.07) is 4.15. The second-order valence-electron chi connectivity index (χ2n) is 7.09. The molecule has 19 heavy (non-hydrogen) atoms. The molecule has 2 heteroatoms. The van der Waals surface area contributed by atoms with Crippen LogP contribution in [0.3, 0.4) is 0 Å². The Labute approximate surface area is 122 Å². The first-order chi connectivity index (χ1) is 9.05. The van der Waals surface area contributed by atoms with E-state index in [2.05, 4.69) is 34.6 Å². The molecule has 2 atom stereocenters. The smallest absolute Gasteiger partial charge is 0.193 e.